The number of amides is 2. The number of hydrogen-bond acceptors (Lipinski definition) is 7. The first-order valence-electron chi connectivity index (χ1n) is 9.83. The average molecular weight is 493 g/mol. The zero-order valence-corrected chi connectivity index (χ0v) is 18.4. The predicted octanol–water partition coefficient (Wildman–Crippen LogP) is 3.12. The molecule has 0 aromatic carbocycles. The number of carbonyl (C=O) groups is 1. The summed E-state index contributed by atoms with van der Waals surface area (Å²) < 4.78 is 43.8. The van der Waals surface area contributed by atoms with Crippen LogP contribution in [-0.4, -0.2) is 53.3 Å². The molecule has 0 bridgehead atoms. The van der Waals surface area contributed by atoms with Gasteiger partial charge in [0.05, 0.1) is 52.6 Å². The van der Waals surface area contributed by atoms with Gasteiger partial charge in [0.2, 0.25) is 0 Å². The van der Waals surface area contributed by atoms with Crippen molar-refractivity contribution in [3.63, 3.8) is 0 Å². The lowest BCUT2D eigenvalue weighted by molar-refractivity contribution is -0.181. The van der Waals surface area contributed by atoms with Gasteiger partial charge in [0.1, 0.15) is 11.1 Å². The van der Waals surface area contributed by atoms with Crippen LogP contribution < -0.4 is 16.0 Å². The Morgan fingerprint density at radius 1 is 1.24 bits per heavy atom. The minimum absolute atomic E-state index is 0.0382. The third kappa shape index (κ3) is 3.13. The lowest BCUT2D eigenvalue weighted by Gasteiger charge is -2.28. The summed E-state index contributed by atoms with van der Waals surface area (Å²) in [5, 5.41) is 14.7. The van der Waals surface area contributed by atoms with E-state index in [1.165, 1.54) is 35.7 Å². The van der Waals surface area contributed by atoms with Crippen LogP contribution >= 0.6 is 11.6 Å². The minimum Gasteiger partial charge on any atom is -0.394 e. The van der Waals surface area contributed by atoms with Crippen molar-refractivity contribution < 1.29 is 18.0 Å². The maximum atomic E-state index is 14.3. The normalized spacial score (nSPS) is 17.9. The van der Waals surface area contributed by atoms with Crippen molar-refractivity contribution in [2.24, 2.45) is 0 Å². The van der Waals surface area contributed by atoms with Crippen molar-refractivity contribution in [2.75, 3.05) is 22.5 Å². The number of aromatic nitrogens is 7. The van der Waals surface area contributed by atoms with E-state index in [1.807, 2.05) is 0 Å². The highest BCUT2D eigenvalue weighted by Gasteiger charge is 2.60. The molecule has 3 N–H and O–H groups in total. The third-order valence-corrected chi connectivity index (χ3v) is 5.96. The number of nitrogens with zero attached hydrogens (tertiary/aromatic N) is 8. The number of fused-ring (bicyclic) bond motifs is 3. The van der Waals surface area contributed by atoms with Crippen LogP contribution in [-0.2, 0) is 5.41 Å². The van der Waals surface area contributed by atoms with Gasteiger partial charge in [-0.2, -0.15) is 28.5 Å². The molecular weight excluding hydrogens is 477 g/mol. The smallest absolute Gasteiger partial charge is 0.394 e. The van der Waals surface area contributed by atoms with E-state index in [9.17, 15) is 18.0 Å². The summed E-state index contributed by atoms with van der Waals surface area (Å²) >= 11 is 6.22. The molecule has 0 saturated heterocycles. The van der Waals surface area contributed by atoms with Gasteiger partial charge in [0.15, 0.2) is 11.5 Å². The average Bonchev–Trinajstić information content (AvgIpc) is 3.46. The Hall–Kier alpha value is -3.94. The number of alkyl halides is 3. The number of carbonyl (C=O) groups excluding carboxylic acids is 1. The van der Waals surface area contributed by atoms with Crippen LogP contribution in [0.2, 0.25) is 5.02 Å². The number of halogens is 4. The van der Waals surface area contributed by atoms with Crippen molar-refractivity contribution in [3.8, 4) is 5.82 Å². The number of urea groups is 1. The van der Waals surface area contributed by atoms with Crippen LogP contribution in [0.5, 0.6) is 0 Å². The lowest BCUT2D eigenvalue weighted by atomic mass is 9.87. The topological polar surface area (TPSA) is 132 Å². The highest BCUT2D eigenvalue weighted by atomic mass is 35.5. The Morgan fingerprint density at radius 2 is 1.94 bits per heavy atom. The molecule has 1 atom stereocenters. The summed E-state index contributed by atoms with van der Waals surface area (Å²) in [5.74, 6) is 0.221. The molecule has 2 amide bonds. The molecule has 1 aliphatic rings. The second-order valence-corrected chi connectivity index (χ2v) is 8.33. The summed E-state index contributed by atoms with van der Waals surface area (Å²) in [6.45, 7) is 1.89. The van der Waals surface area contributed by atoms with Crippen LogP contribution in [0.1, 0.15) is 18.3 Å². The first kappa shape index (κ1) is 21.9. The highest BCUT2D eigenvalue weighted by Crippen LogP contribution is 2.50. The van der Waals surface area contributed by atoms with Gasteiger partial charge in [-0.05, 0) is 19.9 Å². The van der Waals surface area contributed by atoms with Crippen molar-refractivity contribution >= 4 is 40.3 Å². The van der Waals surface area contributed by atoms with E-state index in [0.29, 0.717) is 5.69 Å². The number of hydrogen-bond donors (Lipinski definition) is 2. The first-order chi connectivity index (χ1) is 16.0. The van der Waals surface area contributed by atoms with E-state index in [4.69, 9.17) is 17.3 Å². The van der Waals surface area contributed by atoms with Crippen LogP contribution in [0.15, 0.2) is 30.9 Å². The van der Waals surface area contributed by atoms with Crippen LogP contribution in [0, 0.1) is 6.92 Å². The molecule has 176 valence electrons. The summed E-state index contributed by atoms with van der Waals surface area (Å²) in [6, 6.07) is 0.569. The van der Waals surface area contributed by atoms with Crippen molar-refractivity contribution in [1.29, 1.82) is 0 Å². The highest BCUT2D eigenvalue weighted by molar-refractivity contribution is 6.32. The third-order valence-electron chi connectivity index (χ3n) is 5.68. The fourth-order valence-corrected chi connectivity index (χ4v) is 4.10. The molecule has 0 spiro atoms. The largest absolute Gasteiger partial charge is 0.401 e. The Balaban J connectivity index is 1.53. The summed E-state index contributed by atoms with van der Waals surface area (Å²) in [5.41, 5.74) is 4.02. The second-order valence-electron chi connectivity index (χ2n) is 7.92. The number of anilines is 3. The SMILES string of the molecule is Cc1nn2c3c(cnc2c1N)N(C(=O)Nc1cnc(-n2nccn2)c(Cl)c1)C[C@@]3(C)C(F)(F)F. The van der Waals surface area contributed by atoms with E-state index in [1.54, 1.807) is 6.92 Å². The minimum atomic E-state index is -4.69. The molecule has 0 radical (unpaired) electrons. The molecule has 0 fully saturated rings. The van der Waals surface area contributed by atoms with Crippen LogP contribution in [0.4, 0.5) is 35.0 Å². The molecule has 4 aromatic heterocycles. The van der Waals surface area contributed by atoms with Gasteiger partial charge in [-0.25, -0.2) is 19.3 Å². The standard InChI is InChI=1S/C19H16ClF3N10O/c1-9-13(24)16-26-7-12-14(32(16)30-9)18(2,19(21,22)23)8-31(12)17(34)29-10-5-11(20)15(25-6-10)33-27-3-4-28-33/h3-7H,8,24H2,1-2H3,(H,29,34)/t18-/m1/s1. The van der Waals surface area contributed by atoms with Gasteiger partial charge in [0.25, 0.3) is 0 Å². The molecule has 11 nitrogen and oxygen atoms in total. The van der Waals surface area contributed by atoms with E-state index in [-0.39, 0.29) is 39.2 Å². The van der Waals surface area contributed by atoms with Crippen molar-refractivity contribution in [1.82, 2.24) is 34.6 Å². The van der Waals surface area contributed by atoms with Crippen LogP contribution in [0.3, 0.4) is 0 Å². The lowest BCUT2D eigenvalue weighted by Crippen LogP contribution is -2.46. The summed E-state index contributed by atoms with van der Waals surface area (Å²) in [4.78, 5) is 23.5. The maximum Gasteiger partial charge on any atom is 0.401 e. The number of rotatable bonds is 2. The molecule has 34 heavy (non-hydrogen) atoms. The molecule has 5 rings (SSSR count). The molecule has 15 heteroatoms. The molecule has 0 aliphatic carbocycles. The molecule has 5 heterocycles. The Bertz CT molecular complexity index is 1430. The van der Waals surface area contributed by atoms with E-state index in [2.05, 4.69) is 30.6 Å². The maximum absolute atomic E-state index is 14.3. The van der Waals surface area contributed by atoms with E-state index < -0.39 is 24.2 Å². The molecule has 0 saturated carbocycles. The summed E-state index contributed by atoms with van der Waals surface area (Å²) in [6.07, 6.45) is 0.673. The molecular formula is C19H16ClF3N10O. The second kappa shape index (κ2) is 7.28. The van der Waals surface area contributed by atoms with Gasteiger partial charge < -0.3 is 11.1 Å². The first-order valence-corrected chi connectivity index (χ1v) is 10.2. The monoisotopic (exact) mass is 492 g/mol. The van der Waals surface area contributed by atoms with Crippen LogP contribution in [0.25, 0.3) is 11.5 Å². The zero-order chi connectivity index (χ0) is 24.4. The number of nitrogens with one attached hydrogen (secondary N) is 1. The zero-order valence-electron chi connectivity index (χ0n) is 17.7. The Morgan fingerprint density at radius 3 is 2.59 bits per heavy atom. The number of nitrogen functional groups attached to an aromatic ring is 1. The molecule has 1 aliphatic heterocycles. The predicted molar refractivity (Wildman–Crippen MR) is 116 cm³/mol. The van der Waals surface area contributed by atoms with Gasteiger partial charge >= 0.3 is 12.2 Å². The molecule has 0 unspecified atom stereocenters. The van der Waals surface area contributed by atoms with E-state index in [0.717, 1.165) is 16.3 Å². The van der Waals surface area contributed by atoms with Gasteiger partial charge in [-0.3, -0.25) is 4.90 Å². The fourth-order valence-electron chi connectivity index (χ4n) is 3.86. The fraction of sp³-hybridized carbons (Fsp3) is 0.263. The number of pyridine rings is 1. The summed E-state index contributed by atoms with van der Waals surface area (Å²) in [7, 11) is 0. The number of aryl methyl sites for hydroxylation is 1. The molecule has 4 aromatic rings. The Kier molecular flexibility index (Phi) is 4.69. The van der Waals surface area contributed by atoms with Gasteiger partial charge in [-0.15, -0.1) is 4.80 Å². The Labute approximate surface area is 194 Å². The number of nitrogens with two attached hydrogens (primary N) is 1. The van der Waals surface area contributed by atoms with Gasteiger partial charge in [-0.1, -0.05) is 11.6 Å². The van der Waals surface area contributed by atoms with Gasteiger partial charge in [0, 0.05) is 6.54 Å². The quantitative estimate of drug-likeness (QED) is 0.439. The van der Waals surface area contributed by atoms with E-state index >= 15 is 0 Å². The van der Waals surface area contributed by atoms with Crippen molar-refractivity contribution in [2.45, 2.75) is 25.4 Å². The van der Waals surface area contributed by atoms with Crippen molar-refractivity contribution in [3.05, 3.63) is 47.3 Å².